The smallest absolute Gasteiger partial charge is 0.255 e. The lowest BCUT2D eigenvalue weighted by atomic mass is 10.1. The van der Waals surface area contributed by atoms with Crippen molar-refractivity contribution in [3.8, 4) is 0 Å². The molecule has 0 fully saturated rings. The Kier molecular flexibility index (Phi) is 4.85. The summed E-state index contributed by atoms with van der Waals surface area (Å²) in [6.07, 6.45) is -2.55. The second-order valence-corrected chi connectivity index (χ2v) is 3.70. The van der Waals surface area contributed by atoms with Crippen molar-refractivity contribution >= 4 is 17.3 Å². The van der Waals surface area contributed by atoms with Gasteiger partial charge in [0.2, 0.25) is 5.91 Å². The van der Waals surface area contributed by atoms with E-state index < -0.39 is 18.9 Å². The summed E-state index contributed by atoms with van der Waals surface area (Å²) in [5, 5.41) is 8.84. The number of benzene rings is 1. The summed E-state index contributed by atoms with van der Waals surface area (Å²) in [4.78, 5) is 12.2. The van der Waals surface area contributed by atoms with Crippen molar-refractivity contribution in [2.45, 2.75) is 6.43 Å². The number of aliphatic hydroxyl groups is 1. The van der Waals surface area contributed by atoms with Gasteiger partial charge in [-0.15, -0.1) is 0 Å². The minimum atomic E-state index is -2.55. The molecule has 7 heteroatoms. The van der Waals surface area contributed by atoms with Crippen molar-refractivity contribution in [3.05, 3.63) is 23.8 Å². The Morgan fingerprint density at radius 1 is 1.44 bits per heavy atom. The van der Waals surface area contributed by atoms with Gasteiger partial charge in [-0.3, -0.25) is 4.79 Å². The number of nitrogen functional groups attached to an aromatic ring is 1. The molecule has 0 saturated heterocycles. The van der Waals surface area contributed by atoms with Gasteiger partial charge in [-0.25, -0.2) is 8.78 Å². The van der Waals surface area contributed by atoms with Crippen LogP contribution in [0.3, 0.4) is 0 Å². The highest BCUT2D eigenvalue weighted by Gasteiger charge is 2.15. The fourth-order valence-corrected chi connectivity index (χ4v) is 1.59. The number of nitrogens with zero attached hydrogens (tertiary/aromatic N) is 1. The van der Waals surface area contributed by atoms with E-state index in [1.807, 2.05) is 0 Å². The first kappa shape index (κ1) is 14.2. The molecule has 0 bridgehead atoms. The highest BCUT2D eigenvalue weighted by atomic mass is 19.3. The fourth-order valence-electron chi connectivity index (χ4n) is 1.59. The van der Waals surface area contributed by atoms with Gasteiger partial charge >= 0.3 is 0 Å². The van der Waals surface area contributed by atoms with Crippen LogP contribution in [0.5, 0.6) is 0 Å². The molecule has 0 heterocycles. The van der Waals surface area contributed by atoms with Crippen molar-refractivity contribution in [1.29, 1.82) is 0 Å². The number of hydrogen-bond donors (Lipinski definition) is 3. The minimum absolute atomic E-state index is 0.0322. The quantitative estimate of drug-likeness (QED) is 0.646. The van der Waals surface area contributed by atoms with Crippen LogP contribution in [-0.2, 0) is 0 Å². The molecule has 0 aliphatic heterocycles. The largest absolute Gasteiger partial charge is 0.397 e. The van der Waals surface area contributed by atoms with E-state index in [1.165, 1.54) is 23.1 Å². The summed E-state index contributed by atoms with van der Waals surface area (Å²) in [5.41, 5.74) is 11.5. The molecule has 0 spiro atoms. The Morgan fingerprint density at radius 3 is 2.56 bits per heavy atom. The first-order valence-electron chi connectivity index (χ1n) is 5.29. The number of nitrogens with two attached hydrogens (primary N) is 2. The third-order valence-electron chi connectivity index (χ3n) is 2.38. The molecule has 100 valence electrons. The number of alkyl halides is 2. The summed E-state index contributed by atoms with van der Waals surface area (Å²) in [6.45, 7) is -0.783. The zero-order chi connectivity index (χ0) is 13.7. The number of amides is 1. The van der Waals surface area contributed by atoms with Gasteiger partial charge in [0, 0.05) is 12.1 Å². The highest BCUT2D eigenvalue weighted by Crippen LogP contribution is 2.24. The predicted octanol–water partition coefficient (Wildman–Crippen LogP) is 0.432. The van der Waals surface area contributed by atoms with Gasteiger partial charge in [-0.05, 0) is 18.2 Å². The van der Waals surface area contributed by atoms with E-state index in [1.54, 1.807) is 0 Å². The van der Waals surface area contributed by atoms with Gasteiger partial charge in [0.05, 0.1) is 24.5 Å². The first-order chi connectivity index (χ1) is 8.45. The number of aliphatic hydroxyl groups excluding tert-OH is 1. The molecule has 0 unspecified atom stereocenters. The third kappa shape index (κ3) is 3.56. The number of halogens is 2. The van der Waals surface area contributed by atoms with Crippen LogP contribution in [0.1, 0.15) is 10.4 Å². The number of hydrogen-bond acceptors (Lipinski definition) is 4. The maximum Gasteiger partial charge on any atom is 0.255 e. The Bertz CT molecular complexity index is 427. The molecule has 0 aliphatic rings. The lowest BCUT2D eigenvalue weighted by Gasteiger charge is -2.25. The van der Waals surface area contributed by atoms with E-state index >= 15 is 0 Å². The van der Waals surface area contributed by atoms with Crippen LogP contribution < -0.4 is 16.4 Å². The molecule has 1 rings (SSSR count). The van der Waals surface area contributed by atoms with E-state index in [9.17, 15) is 13.6 Å². The van der Waals surface area contributed by atoms with E-state index in [0.29, 0.717) is 5.69 Å². The first-order valence-corrected chi connectivity index (χ1v) is 5.29. The molecule has 0 atom stereocenters. The SMILES string of the molecule is NC(=O)c1ccc(N(CCO)CC(F)F)c(N)c1. The van der Waals surface area contributed by atoms with Gasteiger partial charge < -0.3 is 21.5 Å². The normalized spacial score (nSPS) is 10.7. The predicted molar refractivity (Wildman–Crippen MR) is 64.7 cm³/mol. The van der Waals surface area contributed by atoms with Crippen molar-refractivity contribution in [3.63, 3.8) is 0 Å². The molecule has 18 heavy (non-hydrogen) atoms. The minimum Gasteiger partial charge on any atom is -0.397 e. The van der Waals surface area contributed by atoms with E-state index in [4.69, 9.17) is 16.6 Å². The molecule has 1 aromatic rings. The molecule has 0 saturated carbocycles. The van der Waals surface area contributed by atoms with E-state index in [2.05, 4.69) is 0 Å². The summed E-state index contributed by atoms with van der Waals surface area (Å²) < 4.78 is 24.8. The van der Waals surface area contributed by atoms with Crippen molar-refractivity contribution in [2.24, 2.45) is 5.73 Å². The second kappa shape index (κ2) is 6.15. The second-order valence-electron chi connectivity index (χ2n) is 3.70. The molecule has 0 aromatic heterocycles. The van der Waals surface area contributed by atoms with Crippen LogP contribution in [0.15, 0.2) is 18.2 Å². The van der Waals surface area contributed by atoms with Crippen LogP contribution in [0, 0.1) is 0 Å². The fraction of sp³-hybridized carbons (Fsp3) is 0.364. The number of carbonyl (C=O) groups is 1. The highest BCUT2D eigenvalue weighted by molar-refractivity contribution is 5.94. The van der Waals surface area contributed by atoms with Crippen LogP contribution in [0.4, 0.5) is 20.2 Å². The molecular weight excluding hydrogens is 244 g/mol. The van der Waals surface area contributed by atoms with Crippen LogP contribution in [0.25, 0.3) is 0 Å². The standard InChI is InChI=1S/C11H15F2N3O2/c12-10(13)6-16(3-4-17)9-2-1-7(11(15)18)5-8(9)14/h1-2,5,10,17H,3-4,6,14H2,(H2,15,18). The van der Waals surface area contributed by atoms with Gasteiger partial charge in [-0.1, -0.05) is 0 Å². The Morgan fingerprint density at radius 2 is 2.11 bits per heavy atom. The van der Waals surface area contributed by atoms with E-state index in [0.717, 1.165) is 0 Å². The average molecular weight is 259 g/mol. The maximum atomic E-state index is 12.4. The molecule has 1 amide bonds. The molecule has 0 aliphatic carbocycles. The number of anilines is 2. The van der Waals surface area contributed by atoms with Gasteiger partial charge in [0.25, 0.3) is 6.43 Å². The molecule has 5 N–H and O–H groups in total. The van der Waals surface area contributed by atoms with Crippen LogP contribution in [0.2, 0.25) is 0 Å². The molecule has 1 aromatic carbocycles. The lowest BCUT2D eigenvalue weighted by Crippen LogP contribution is -2.32. The van der Waals surface area contributed by atoms with Crippen molar-refractivity contribution in [2.75, 3.05) is 30.3 Å². The maximum absolute atomic E-state index is 12.4. The monoisotopic (exact) mass is 259 g/mol. The molecule has 0 radical (unpaired) electrons. The summed E-state index contributed by atoms with van der Waals surface area (Å²) in [6, 6.07) is 4.17. The Labute approximate surface area is 103 Å². The zero-order valence-electron chi connectivity index (χ0n) is 9.64. The van der Waals surface area contributed by atoms with E-state index in [-0.39, 0.29) is 24.4 Å². The van der Waals surface area contributed by atoms with Crippen LogP contribution in [-0.4, -0.2) is 37.1 Å². The van der Waals surface area contributed by atoms with Gasteiger partial charge in [0.1, 0.15) is 0 Å². The number of primary amides is 1. The summed E-state index contributed by atoms with van der Waals surface area (Å²) in [7, 11) is 0. The Hall–Kier alpha value is -1.89. The summed E-state index contributed by atoms with van der Waals surface area (Å²) >= 11 is 0. The van der Waals surface area contributed by atoms with Crippen LogP contribution >= 0.6 is 0 Å². The van der Waals surface area contributed by atoms with Crippen molar-refractivity contribution in [1.82, 2.24) is 0 Å². The average Bonchev–Trinajstić information content (AvgIpc) is 2.27. The topological polar surface area (TPSA) is 92.6 Å². The summed E-state index contributed by atoms with van der Waals surface area (Å²) in [5.74, 6) is -0.643. The number of carbonyl (C=O) groups excluding carboxylic acids is 1. The lowest BCUT2D eigenvalue weighted by molar-refractivity contribution is 0.1000. The zero-order valence-corrected chi connectivity index (χ0v) is 9.64. The third-order valence-corrected chi connectivity index (χ3v) is 2.38. The Balaban J connectivity index is 3.01. The van der Waals surface area contributed by atoms with Gasteiger partial charge in [0.15, 0.2) is 0 Å². The molecular formula is C11H15F2N3O2. The van der Waals surface area contributed by atoms with Crippen molar-refractivity contribution < 1.29 is 18.7 Å². The number of rotatable bonds is 6. The van der Waals surface area contributed by atoms with Gasteiger partial charge in [-0.2, -0.15) is 0 Å². The molecule has 5 nitrogen and oxygen atoms in total.